The molecule has 0 bridgehead atoms. The van der Waals surface area contributed by atoms with Gasteiger partial charge in [-0.25, -0.2) is 0 Å². The van der Waals surface area contributed by atoms with Crippen molar-refractivity contribution >= 4 is 17.9 Å². The number of hydrogen-bond donors (Lipinski definition) is 1. The summed E-state index contributed by atoms with van der Waals surface area (Å²) in [6, 6.07) is 0. The molecular weight excluding hydrogens is 436 g/mol. The van der Waals surface area contributed by atoms with Gasteiger partial charge in [-0.2, -0.15) is 0 Å². The zero-order valence-corrected chi connectivity index (χ0v) is 22.0. The van der Waals surface area contributed by atoms with Gasteiger partial charge in [0.05, 0.1) is 13.0 Å². The number of ether oxygens (including phenoxy) is 3. The van der Waals surface area contributed by atoms with Crippen molar-refractivity contribution in [3.05, 3.63) is 0 Å². The lowest BCUT2D eigenvalue weighted by Gasteiger charge is -2.19. The topological polar surface area (TPSA) is 99.1 Å². The second-order valence-corrected chi connectivity index (χ2v) is 9.27. The zero-order chi connectivity index (χ0) is 25.4. The standard InChI is InChI=1S/C27H50O7/c1-4-5-6-7-8-9-10-11-12-13-14-15-16-17-18-19-25(33-24(3)30)20-27(31)34-26(21-28)22-32-23(2)29/h25-26,28H,4-22H2,1-3H3. The van der Waals surface area contributed by atoms with Crippen molar-refractivity contribution in [1.29, 1.82) is 0 Å². The summed E-state index contributed by atoms with van der Waals surface area (Å²) in [7, 11) is 0. The monoisotopic (exact) mass is 486 g/mol. The maximum absolute atomic E-state index is 12.1. The summed E-state index contributed by atoms with van der Waals surface area (Å²) in [6.07, 6.45) is 18.2. The Balaban J connectivity index is 3.85. The van der Waals surface area contributed by atoms with Crippen molar-refractivity contribution in [3.8, 4) is 0 Å². The van der Waals surface area contributed by atoms with Crippen LogP contribution < -0.4 is 0 Å². The van der Waals surface area contributed by atoms with Crippen molar-refractivity contribution in [1.82, 2.24) is 0 Å². The number of carbonyl (C=O) groups is 3. The normalized spacial score (nSPS) is 12.7. The van der Waals surface area contributed by atoms with Crippen LogP contribution in [0, 0.1) is 0 Å². The fraction of sp³-hybridized carbons (Fsp3) is 0.889. The average Bonchev–Trinajstić information content (AvgIpc) is 2.78. The molecule has 0 amide bonds. The number of aliphatic hydroxyl groups is 1. The second-order valence-electron chi connectivity index (χ2n) is 9.27. The van der Waals surface area contributed by atoms with Crippen molar-refractivity contribution in [2.24, 2.45) is 0 Å². The third-order valence-electron chi connectivity index (χ3n) is 5.83. The van der Waals surface area contributed by atoms with Crippen LogP contribution in [-0.4, -0.2) is 48.4 Å². The van der Waals surface area contributed by atoms with Gasteiger partial charge < -0.3 is 19.3 Å². The summed E-state index contributed by atoms with van der Waals surface area (Å²) in [5.74, 6) is -1.53. The minimum atomic E-state index is -0.917. The van der Waals surface area contributed by atoms with Crippen LogP contribution in [0.15, 0.2) is 0 Å². The smallest absolute Gasteiger partial charge is 0.310 e. The summed E-state index contributed by atoms with van der Waals surface area (Å²) in [5, 5.41) is 9.27. The predicted molar refractivity (Wildman–Crippen MR) is 133 cm³/mol. The number of hydrogen-bond acceptors (Lipinski definition) is 7. The Hall–Kier alpha value is -1.63. The Morgan fingerprint density at radius 2 is 1.12 bits per heavy atom. The zero-order valence-electron chi connectivity index (χ0n) is 22.0. The van der Waals surface area contributed by atoms with Gasteiger partial charge in [0.15, 0.2) is 6.10 Å². The van der Waals surface area contributed by atoms with Crippen molar-refractivity contribution in [2.45, 2.75) is 142 Å². The summed E-state index contributed by atoms with van der Waals surface area (Å²) >= 11 is 0. The third-order valence-corrected chi connectivity index (χ3v) is 5.83. The number of aliphatic hydroxyl groups excluding tert-OH is 1. The molecule has 2 atom stereocenters. The summed E-state index contributed by atoms with van der Waals surface area (Å²) in [4.78, 5) is 34.4. The lowest BCUT2D eigenvalue weighted by Crippen LogP contribution is -2.30. The highest BCUT2D eigenvalue weighted by molar-refractivity contribution is 5.71. The fourth-order valence-electron chi connectivity index (χ4n) is 3.93. The SMILES string of the molecule is CCCCCCCCCCCCCCCCCC(CC(=O)OC(CO)COC(C)=O)OC(C)=O. The van der Waals surface area contributed by atoms with E-state index in [9.17, 15) is 19.5 Å². The van der Waals surface area contributed by atoms with Crippen LogP contribution in [0.1, 0.15) is 130 Å². The molecule has 7 nitrogen and oxygen atoms in total. The van der Waals surface area contributed by atoms with Gasteiger partial charge in [-0.05, 0) is 12.8 Å². The molecule has 34 heavy (non-hydrogen) atoms. The Bertz CT molecular complexity index is 521. The summed E-state index contributed by atoms with van der Waals surface area (Å²) in [6.45, 7) is 4.17. The molecule has 0 aliphatic rings. The largest absolute Gasteiger partial charge is 0.462 e. The molecule has 1 N–H and O–H groups in total. The molecule has 0 radical (unpaired) electrons. The number of esters is 3. The average molecular weight is 487 g/mol. The van der Waals surface area contributed by atoms with E-state index in [-0.39, 0.29) is 13.0 Å². The van der Waals surface area contributed by atoms with Crippen LogP contribution in [0.5, 0.6) is 0 Å². The van der Waals surface area contributed by atoms with Crippen LogP contribution in [0.2, 0.25) is 0 Å². The maximum atomic E-state index is 12.1. The third kappa shape index (κ3) is 22.2. The van der Waals surface area contributed by atoms with E-state index in [4.69, 9.17) is 14.2 Å². The van der Waals surface area contributed by atoms with E-state index in [1.54, 1.807) is 0 Å². The molecule has 0 aliphatic heterocycles. The number of rotatable bonds is 23. The van der Waals surface area contributed by atoms with E-state index in [1.165, 1.54) is 90.9 Å². The highest BCUT2D eigenvalue weighted by Gasteiger charge is 2.21. The Morgan fingerprint density at radius 3 is 1.53 bits per heavy atom. The molecule has 0 saturated carbocycles. The summed E-state index contributed by atoms with van der Waals surface area (Å²) in [5.41, 5.74) is 0. The van der Waals surface area contributed by atoms with E-state index >= 15 is 0 Å². The van der Waals surface area contributed by atoms with Gasteiger partial charge in [-0.3, -0.25) is 14.4 Å². The molecule has 7 heteroatoms. The lowest BCUT2D eigenvalue weighted by atomic mass is 10.0. The van der Waals surface area contributed by atoms with Crippen molar-refractivity contribution in [3.63, 3.8) is 0 Å². The van der Waals surface area contributed by atoms with Crippen LogP contribution in [0.25, 0.3) is 0 Å². The van der Waals surface area contributed by atoms with E-state index in [0.717, 1.165) is 19.3 Å². The molecule has 0 fully saturated rings. The van der Waals surface area contributed by atoms with Gasteiger partial charge >= 0.3 is 17.9 Å². The molecule has 0 heterocycles. The van der Waals surface area contributed by atoms with Gasteiger partial charge in [0.2, 0.25) is 0 Å². The van der Waals surface area contributed by atoms with E-state index in [1.807, 2.05) is 0 Å². The Morgan fingerprint density at radius 1 is 0.647 bits per heavy atom. The first kappa shape index (κ1) is 32.4. The predicted octanol–water partition coefficient (Wildman–Crippen LogP) is 6.04. The molecular formula is C27H50O7. The first-order chi connectivity index (χ1) is 16.4. The molecule has 0 aromatic carbocycles. The minimum absolute atomic E-state index is 0.0746. The molecule has 0 aliphatic carbocycles. The van der Waals surface area contributed by atoms with E-state index < -0.39 is 36.7 Å². The maximum Gasteiger partial charge on any atom is 0.310 e. The summed E-state index contributed by atoms with van der Waals surface area (Å²) < 4.78 is 15.2. The van der Waals surface area contributed by atoms with Gasteiger partial charge in [0.1, 0.15) is 12.7 Å². The molecule has 0 spiro atoms. The Labute approximate surface area is 207 Å². The van der Waals surface area contributed by atoms with Gasteiger partial charge in [-0.15, -0.1) is 0 Å². The number of unbranched alkanes of at least 4 members (excludes halogenated alkanes) is 14. The Kier molecular flexibility index (Phi) is 22.0. The highest BCUT2D eigenvalue weighted by Crippen LogP contribution is 2.16. The van der Waals surface area contributed by atoms with Crippen LogP contribution in [-0.2, 0) is 28.6 Å². The fourth-order valence-corrected chi connectivity index (χ4v) is 3.93. The molecule has 0 aromatic rings. The van der Waals surface area contributed by atoms with Gasteiger partial charge in [0, 0.05) is 13.8 Å². The highest BCUT2D eigenvalue weighted by atomic mass is 16.6. The second kappa shape index (κ2) is 23.1. The van der Waals surface area contributed by atoms with Gasteiger partial charge in [-0.1, -0.05) is 96.8 Å². The van der Waals surface area contributed by atoms with E-state index in [2.05, 4.69) is 6.92 Å². The van der Waals surface area contributed by atoms with Crippen LogP contribution in [0.4, 0.5) is 0 Å². The molecule has 0 saturated heterocycles. The first-order valence-electron chi connectivity index (χ1n) is 13.5. The molecule has 200 valence electrons. The molecule has 2 unspecified atom stereocenters. The molecule has 0 rings (SSSR count). The van der Waals surface area contributed by atoms with Gasteiger partial charge in [0.25, 0.3) is 0 Å². The first-order valence-corrected chi connectivity index (χ1v) is 13.5. The minimum Gasteiger partial charge on any atom is -0.462 e. The quantitative estimate of drug-likeness (QED) is 0.107. The van der Waals surface area contributed by atoms with Crippen molar-refractivity contribution in [2.75, 3.05) is 13.2 Å². The van der Waals surface area contributed by atoms with Crippen molar-refractivity contribution < 1.29 is 33.7 Å². The van der Waals surface area contributed by atoms with Crippen LogP contribution >= 0.6 is 0 Å². The van der Waals surface area contributed by atoms with E-state index in [0.29, 0.717) is 6.42 Å². The lowest BCUT2D eigenvalue weighted by molar-refractivity contribution is -0.164. The molecule has 0 aromatic heterocycles. The number of carbonyl (C=O) groups excluding carboxylic acids is 3. The van der Waals surface area contributed by atoms with Crippen LogP contribution in [0.3, 0.4) is 0 Å².